The number of hydrogen-bond acceptors (Lipinski definition) is 6. The van der Waals surface area contributed by atoms with E-state index in [9.17, 15) is 15.0 Å². The normalized spacial score (nSPS) is 19.9. The van der Waals surface area contributed by atoms with Gasteiger partial charge in [0.1, 0.15) is 23.8 Å². The fraction of sp³-hybridized carbons (Fsp3) is 0.281. The summed E-state index contributed by atoms with van der Waals surface area (Å²) >= 11 is 19.7. The molecular formula is C32H26Cl3N3O5. The van der Waals surface area contributed by atoms with Crippen LogP contribution in [0.2, 0.25) is 15.1 Å². The van der Waals surface area contributed by atoms with Gasteiger partial charge in [0.25, 0.3) is 0 Å². The van der Waals surface area contributed by atoms with Crippen molar-refractivity contribution in [1.29, 1.82) is 0 Å². The second-order valence-electron chi connectivity index (χ2n) is 11.4. The minimum absolute atomic E-state index is 0.0277. The number of aromatic carboxylic acids is 1. The second-order valence-corrected chi connectivity index (χ2v) is 12.6. The number of carboxylic acid groups (broad SMARTS) is 1. The van der Waals surface area contributed by atoms with Gasteiger partial charge in [-0.25, -0.2) is 4.79 Å². The summed E-state index contributed by atoms with van der Waals surface area (Å²) in [5, 5.41) is 31.3. The summed E-state index contributed by atoms with van der Waals surface area (Å²) in [5.74, 6) is 0.656. The number of rotatable bonds is 8. The van der Waals surface area contributed by atoms with Crippen molar-refractivity contribution in [2.45, 2.75) is 49.7 Å². The molecule has 0 amide bonds. The molecule has 3 aromatic carbocycles. The smallest absolute Gasteiger partial charge is 0.357 e. The first-order chi connectivity index (χ1) is 20.6. The van der Waals surface area contributed by atoms with Crippen molar-refractivity contribution in [3.8, 4) is 17.0 Å². The molecule has 8 nitrogen and oxygen atoms in total. The van der Waals surface area contributed by atoms with Gasteiger partial charge in [0, 0.05) is 29.5 Å². The SMILES string of the molecule is Cn1nc(C(=O)O)c2ccc([C@H]3C[C@@](O)(c4ccc(OCc5c(-c6c(Cl)cccc6Cl)noc5C5CC5)cc4Cl)C3)cc21. The fourth-order valence-electron chi connectivity index (χ4n) is 6.06. The summed E-state index contributed by atoms with van der Waals surface area (Å²) in [6, 6.07) is 16.3. The van der Waals surface area contributed by atoms with E-state index in [4.69, 9.17) is 44.1 Å². The van der Waals surface area contributed by atoms with Crippen LogP contribution in [0.5, 0.6) is 5.75 Å². The Labute approximate surface area is 261 Å². The average molecular weight is 639 g/mol. The highest BCUT2D eigenvalue weighted by atomic mass is 35.5. The standard InChI is InChI=1S/C32H26Cl3N3O5/c1-38-26-11-17(7-9-20(26)29(36-38)31(39)40)18-13-32(41,14-18)22-10-8-19(12-25(22)35)42-15-21-28(37-43-30(21)16-5-6-16)27-23(33)3-2-4-24(27)34/h2-4,7-12,16,18,41H,5-6,13-15H2,1H3,(H,39,40)/t18-,32-. The zero-order chi connectivity index (χ0) is 30.0. The van der Waals surface area contributed by atoms with Gasteiger partial charge in [-0.15, -0.1) is 0 Å². The van der Waals surface area contributed by atoms with Crippen LogP contribution in [-0.2, 0) is 19.3 Å². The Kier molecular flexibility index (Phi) is 6.93. The van der Waals surface area contributed by atoms with Gasteiger partial charge in [-0.1, -0.05) is 64.2 Å². The number of carboxylic acids is 1. The summed E-state index contributed by atoms with van der Waals surface area (Å²) in [5.41, 5.74) is 3.32. The lowest BCUT2D eigenvalue weighted by molar-refractivity contribution is -0.0549. The highest BCUT2D eigenvalue weighted by Gasteiger charge is 2.46. The molecule has 2 heterocycles. The van der Waals surface area contributed by atoms with Gasteiger partial charge in [-0.2, -0.15) is 5.10 Å². The highest BCUT2D eigenvalue weighted by molar-refractivity contribution is 6.39. The summed E-state index contributed by atoms with van der Waals surface area (Å²) < 4.78 is 13.5. The van der Waals surface area contributed by atoms with Crippen molar-refractivity contribution >= 4 is 51.7 Å². The first-order valence-electron chi connectivity index (χ1n) is 13.9. The van der Waals surface area contributed by atoms with Crippen molar-refractivity contribution in [1.82, 2.24) is 14.9 Å². The van der Waals surface area contributed by atoms with Crippen LogP contribution in [0.3, 0.4) is 0 Å². The molecule has 2 aliphatic rings. The van der Waals surface area contributed by atoms with E-state index in [0.29, 0.717) is 61.8 Å². The molecule has 5 aromatic rings. The summed E-state index contributed by atoms with van der Waals surface area (Å²) in [6.45, 7) is 0.189. The van der Waals surface area contributed by atoms with Crippen LogP contribution in [0.15, 0.2) is 59.1 Å². The zero-order valence-corrected chi connectivity index (χ0v) is 25.2. The number of nitrogens with zero attached hydrogens (tertiary/aromatic N) is 3. The van der Waals surface area contributed by atoms with Gasteiger partial charge in [0.2, 0.25) is 0 Å². The van der Waals surface area contributed by atoms with Crippen molar-refractivity contribution in [2.75, 3.05) is 0 Å². The van der Waals surface area contributed by atoms with Gasteiger partial charge >= 0.3 is 5.97 Å². The summed E-state index contributed by atoms with van der Waals surface area (Å²) in [4.78, 5) is 11.5. The third kappa shape index (κ3) is 4.96. The number of carbonyl (C=O) groups is 1. The van der Waals surface area contributed by atoms with Crippen molar-refractivity contribution < 1.29 is 24.3 Å². The van der Waals surface area contributed by atoms with Crippen LogP contribution in [0.4, 0.5) is 0 Å². The molecule has 43 heavy (non-hydrogen) atoms. The maximum absolute atomic E-state index is 11.5. The maximum atomic E-state index is 11.5. The number of hydrogen-bond donors (Lipinski definition) is 2. The van der Waals surface area contributed by atoms with E-state index in [1.165, 1.54) is 0 Å². The molecule has 0 bridgehead atoms. The lowest BCUT2D eigenvalue weighted by atomic mass is 9.65. The van der Waals surface area contributed by atoms with Crippen molar-refractivity contribution in [2.24, 2.45) is 7.05 Å². The van der Waals surface area contributed by atoms with Crippen LogP contribution < -0.4 is 4.74 Å². The molecule has 0 saturated heterocycles. The molecule has 0 radical (unpaired) electrons. The predicted molar refractivity (Wildman–Crippen MR) is 163 cm³/mol. The highest BCUT2D eigenvalue weighted by Crippen LogP contribution is 2.53. The van der Waals surface area contributed by atoms with E-state index in [-0.39, 0.29) is 18.2 Å². The quantitative estimate of drug-likeness (QED) is 0.177. The lowest BCUT2D eigenvalue weighted by Gasteiger charge is -2.44. The first-order valence-corrected chi connectivity index (χ1v) is 15.0. The maximum Gasteiger partial charge on any atom is 0.357 e. The van der Waals surface area contributed by atoms with E-state index < -0.39 is 11.6 Å². The van der Waals surface area contributed by atoms with Crippen LogP contribution in [0.25, 0.3) is 22.2 Å². The van der Waals surface area contributed by atoms with E-state index in [1.807, 2.05) is 12.1 Å². The molecule has 220 valence electrons. The Morgan fingerprint density at radius 1 is 1.05 bits per heavy atom. The third-order valence-electron chi connectivity index (χ3n) is 8.51. The number of aryl methyl sites for hydroxylation is 1. The van der Waals surface area contributed by atoms with Crippen LogP contribution in [0, 0.1) is 0 Å². The van der Waals surface area contributed by atoms with Gasteiger partial charge in [0.15, 0.2) is 5.69 Å². The zero-order valence-electron chi connectivity index (χ0n) is 23.0. The molecular weight excluding hydrogens is 613 g/mol. The molecule has 7 rings (SSSR count). The monoisotopic (exact) mass is 637 g/mol. The Balaban J connectivity index is 1.08. The molecule has 2 aliphatic carbocycles. The van der Waals surface area contributed by atoms with Crippen LogP contribution in [-0.4, -0.2) is 31.1 Å². The van der Waals surface area contributed by atoms with Gasteiger partial charge in [0.05, 0.1) is 31.7 Å². The first kappa shape index (κ1) is 28.2. The second kappa shape index (κ2) is 10.6. The molecule has 0 aliphatic heterocycles. The summed E-state index contributed by atoms with van der Waals surface area (Å²) in [7, 11) is 1.72. The number of ether oxygens (including phenoxy) is 1. The Morgan fingerprint density at radius 3 is 2.47 bits per heavy atom. The van der Waals surface area contributed by atoms with Gasteiger partial charge < -0.3 is 19.5 Å². The fourth-order valence-corrected chi connectivity index (χ4v) is 6.99. The number of benzene rings is 3. The third-order valence-corrected chi connectivity index (χ3v) is 9.45. The number of fused-ring (bicyclic) bond motifs is 1. The summed E-state index contributed by atoms with van der Waals surface area (Å²) in [6.07, 6.45) is 3.01. The molecule has 0 unspecified atom stereocenters. The lowest BCUT2D eigenvalue weighted by Crippen LogP contribution is -2.40. The molecule has 2 saturated carbocycles. The van der Waals surface area contributed by atoms with Crippen molar-refractivity contribution in [3.05, 3.63) is 97.8 Å². The molecule has 2 fully saturated rings. The van der Waals surface area contributed by atoms with E-state index in [1.54, 1.807) is 54.2 Å². The number of halogens is 3. The molecule has 0 spiro atoms. The van der Waals surface area contributed by atoms with E-state index in [2.05, 4.69) is 10.3 Å². The number of aliphatic hydroxyl groups is 1. The predicted octanol–water partition coefficient (Wildman–Crippen LogP) is 8.11. The minimum atomic E-state index is -1.09. The molecule has 2 N–H and O–H groups in total. The van der Waals surface area contributed by atoms with Gasteiger partial charge in [-0.3, -0.25) is 4.68 Å². The Morgan fingerprint density at radius 2 is 1.79 bits per heavy atom. The van der Waals surface area contributed by atoms with E-state index >= 15 is 0 Å². The molecule has 2 aromatic heterocycles. The minimum Gasteiger partial charge on any atom is -0.489 e. The Hall–Kier alpha value is -3.56. The van der Waals surface area contributed by atoms with Crippen LogP contribution >= 0.6 is 34.8 Å². The van der Waals surface area contributed by atoms with Crippen molar-refractivity contribution in [3.63, 3.8) is 0 Å². The topological polar surface area (TPSA) is 111 Å². The van der Waals surface area contributed by atoms with E-state index in [0.717, 1.165) is 35.2 Å². The van der Waals surface area contributed by atoms with Gasteiger partial charge in [-0.05, 0) is 67.5 Å². The number of aromatic nitrogens is 3. The Bertz CT molecular complexity index is 1890. The van der Waals surface area contributed by atoms with Crippen LogP contribution in [0.1, 0.15) is 70.5 Å². The molecule has 11 heteroatoms. The average Bonchev–Trinajstić information content (AvgIpc) is 3.63. The molecule has 0 atom stereocenters. The largest absolute Gasteiger partial charge is 0.489 e.